The Kier molecular flexibility index (Phi) is 5.45. The molecule has 0 aliphatic carbocycles. The number of nitrogens with zero attached hydrogens (tertiary/aromatic N) is 2. The molecule has 1 amide bonds. The van der Waals surface area contributed by atoms with Crippen molar-refractivity contribution in [2.75, 3.05) is 5.32 Å². The maximum atomic E-state index is 12.1. The first-order valence-corrected chi connectivity index (χ1v) is 9.00. The van der Waals surface area contributed by atoms with Gasteiger partial charge in [0.05, 0.1) is 10.9 Å². The molecule has 3 aromatic rings. The highest BCUT2D eigenvalue weighted by molar-refractivity contribution is 7.99. The zero-order valence-corrected chi connectivity index (χ0v) is 15.2. The molecular formula is C17H16ClN3O3S. The lowest BCUT2D eigenvalue weighted by molar-refractivity contribution is -0.115. The van der Waals surface area contributed by atoms with Crippen molar-refractivity contribution < 1.29 is 13.7 Å². The van der Waals surface area contributed by atoms with Gasteiger partial charge in [0, 0.05) is 22.4 Å². The van der Waals surface area contributed by atoms with Crippen molar-refractivity contribution in [2.24, 2.45) is 0 Å². The van der Waals surface area contributed by atoms with Crippen LogP contribution in [-0.4, -0.2) is 21.3 Å². The van der Waals surface area contributed by atoms with E-state index in [1.807, 2.05) is 19.1 Å². The number of rotatable bonds is 6. The third kappa shape index (κ3) is 4.64. The van der Waals surface area contributed by atoms with E-state index in [0.29, 0.717) is 28.2 Å². The van der Waals surface area contributed by atoms with Crippen LogP contribution in [0.15, 0.2) is 45.5 Å². The van der Waals surface area contributed by atoms with E-state index in [0.717, 1.165) is 11.3 Å². The lowest BCUT2D eigenvalue weighted by atomic mass is 10.2. The van der Waals surface area contributed by atoms with E-state index in [4.69, 9.17) is 20.5 Å². The summed E-state index contributed by atoms with van der Waals surface area (Å²) in [5.41, 5.74) is 1.62. The van der Waals surface area contributed by atoms with E-state index in [1.54, 1.807) is 31.4 Å². The zero-order valence-electron chi connectivity index (χ0n) is 13.7. The molecule has 2 heterocycles. The Labute approximate surface area is 153 Å². The minimum absolute atomic E-state index is 0.139. The maximum absolute atomic E-state index is 12.1. The van der Waals surface area contributed by atoms with E-state index >= 15 is 0 Å². The number of anilines is 1. The zero-order chi connectivity index (χ0) is 17.8. The van der Waals surface area contributed by atoms with Crippen LogP contribution >= 0.6 is 23.4 Å². The molecule has 8 heteroatoms. The van der Waals surface area contributed by atoms with Gasteiger partial charge >= 0.3 is 0 Å². The topological polar surface area (TPSA) is 81.2 Å². The van der Waals surface area contributed by atoms with Crippen LogP contribution < -0.4 is 5.32 Å². The van der Waals surface area contributed by atoms with Crippen molar-refractivity contribution in [2.45, 2.75) is 24.9 Å². The molecule has 0 bridgehead atoms. The monoisotopic (exact) mass is 377 g/mol. The molecule has 0 saturated heterocycles. The van der Waals surface area contributed by atoms with Gasteiger partial charge in [-0.1, -0.05) is 16.8 Å². The Morgan fingerprint density at radius 3 is 2.80 bits per heavy atom. The van der Waals surface area contributed by atoms with Gasteiger partial charge in [0.2, 0.25) is 11.8 Å². The van der Waals surface area contributed by atoms with Crippen LogP contribution in [0.4, 0.5) is 5.82 Å². The third-order valence-electron chi connectivity index (χ3n) is 3.37. The molecular weight excluding hydrogens is 362 g/mol. The van der Waals surface area contributed by atoms with E-state index in [-0.39, 0.29) is 11.2 Å². The summed E-state index contributed by atoms with van der Waals surface area (Å²) in [7, 11) is 0. The number of amides is 1. The number of thioether (sulfide) groups is 1. The van der Waals surface area contributed by atoms with Gasteiger partial charge in [0.25, 0.3) is 0 Å². The Balaban J connectivity index is 1.54. The van der Waals surface area contributed by atoms with Crippen LogP contribution in [0.2, 0.25) is 5.02 Å². The highest BCUT2D eigenvalue weighted by Gasteiger charge is 2.16. The maximum Gasteiger partial charge on any atom is 0.238 e. The Hall–Kier alpha value is -2.25. The summed E-state index contributed by atoms with van der Waals surface area (Å²) in [6.07, 6.45) is 1.60. The summed E-state index contributed by atoms with van der Waals surface area (Å²) >= 11 is 7.34. The molecule has 3 rings (SSSR count). The molecule has 0 aliphatic heterocycles. The first-order chi connectivity index (χ1) is 12.0. The predicted octanol–water partition coefficient (Wildman–Crippen LogP) is 4.55. The lowest BCUT2D eigenvalue weighted by Crippen LogP contribution is -2.22. The summed E-state index contributed by atoms with van der Waals surface area (Å²) in [4.78, 5) is 16.6. The van der Waals surface area contributed by atoms with Gasteiger partial charge in [-0.15, -0.1) is 11.8 Å². The number of oxazole rings is 1. The highest BCUT2D eigenvalue weighted by atomic mass is 35.5. The number of aromatic nitrogens is 2. The van der Waals surface area contributed by atoms with Crippen LogP contribution in [-0.2, 0) is 10.5 Å². The number of hydrogen-bond acceptors (Lipinski definition) is 6. The Morgan fingerprint density at radius 2 is 2.12 bits per heavy atom. The van der Waals surface area contributed by atoms with Crippen molar-refractivity contribution >= 4 is 35.1 Å². The molecule has 130 valence electrons. The second-order valence-electron chi connectivity index (χ2n) is 5.42. The first-order valence-electron chi connectivity index (χ1n) is 7.57. The fourth-order valence-corrected chi connectivity index (χ4v) is 2.93. The first kappa shape index (κ1) is 17.6. The Morgan fingerprint density at radius 1 is 1.36 bits per heavy atom. The van der Waals surface area contributed by atoms with Gasteiger partial charge in [0.1, 0.15) is 12.0 Å². The van der Waals surface area contributed by atoms with Gasteiger partial charge in [-0.3, -0.25) is 4.79 Å². The van der Waals surface area contributed by atoms with E-state index in [1.165, 1.54) is 11.8 Å². The molecule has 0 saturated carbocycles. The van der Waals surface area contributed by atoms with Crippen molar-refractivity contribution in [3.05, 3.63) is 53.1 Å². The van der Waals surface area contributed by atoms with Crippen molar-refractivity contribution in [3.8, 4) is 11.5 Å². The van der Waals surface area contributed by atoms with E-state index in [9.17, 15) is 4.79 Å². The number of hydrogen-bond donors (Lipinski definition) is 1. The molecule has 1 unspecified atom stereocenters. The summed E-state index contributed by atoms with van der Waals surface area (Å²) in [5, 5.41) is 6.85. The van der Waals surface area contributed by atoms with Crippen LogP contribution in [0, 0.1) is 6.92 Å². The minimum Gasteiger partial charge on any atom is -0.444 e. The quantitative estimate of drug-likeness (QED) is 0.678. The summed E-state index contributed by atoms with van der Waals surface area (Å²) < 4.78 is 10.4. The molecule has 25 heavy (non-hydrogen) atoms. The number of carbonyl (C=O) groups excluding carboxylic acids is 1. The second-order valence-corrected chi connectivity index (χ2v) is 7.18. The van der Waals surface area contributed by atoms with Crippen LogP contribution in [0.25, 0.3) is 11.5 Å². The molecule has 6 nitrogen and oxygen atoms in total. The Bertz CT molecular complexity index is 860. The van der Waals surface area contributed by atoms with E-state index < -0.39 is 0 Å². The standard InChI is InChI=1S/C17H16ClN3O3S/c1-10-7-15(21-24-10)20-16(22)11(2)25-9-14-8-23-17(19-14)12-3-5-13(18)6-4-12/h3-8,11H,9H2,1-2H3,(H,20,21,22). The fraction of sp³-hybridized carbons (Fsp3) is 0.235. The summed E-state index contributed by atoms with van der Waals surface area (Å²) in [5.74, 6) is 2.01. The number of carbonyl (C=O) groups is 1. The van der Waals surface area contributed by atoms with Crippen molar-refractivity contribution in [3.63, 3.8) is 0 Å². The molecule has 0 spiro atoms. The largest absolute Gasteiger partial charge is 0.444 e. The second kappa shape index (κ2) is 7.76. The fourth-order valence-electron chi connectivity index (χ4n) is 2.04. The molecule has 2 aromatic heterocycles. The number of nitrogens with one attached hydrogen (secondary N) is 1. The smallest absolute Gasteiger partial charge is 0.238 e. The SMILES string of the molecule is Cc1cc(NC(=O)C(C)SCc2coc(-c3ccc(Cl)cc3)n2)no1. The summed E-state index contributed by atoms with van der Waals surface area (Å²) in [6, 6.07) is 8.94. The lowest BCUT2D eigenvalue weighted by Gasteiger charge is -2.08. The molecule has 0 fully saturated rings. The molecule has 0 aliphatic rings. The summed E-state index contributed by atoms with van der Waals surface area (Å²) in [6.45, 7) is 3.59. The molecule has 0 radical (unpaired) electrons. The van der Waals surface area contributed by atoms with Gasteiger partial charge in [-0.05, 0) is 38.1 Å². The average molecular weight is 378 g/mol. The van der Waals surface area contributed by atoms with Gasteiger partial charge < -0.3 is 14.3 Å². The number of benzene rings is 1. The number of aryl methyl sites for hydroxylation is 1. The van der Waals surface area contributed by atoms with Crippen LogP contribution in [0.1, 0.15) is 18.4 Å². The predicted molar refractivity (Wildman–Crippen MR) is 97.6 cm³/mol. The van der Waals surface area contributed by atoms with Crippen LogP contribution in [0.5, 0.6) is 0 Å². The van der Waals surface area contributed by atoms with E-state index in [2.05, 4.69) is 15.5 Å². The van der Waals surface area contributed by atoms with Crippen molar-refractivity contribution in [1.82, 2.24) is 10.1 Å². The third-order valence-corrected chi connectivity index (χ3v) is 4.80. The van der Waals surface area contributed by atoms with Gasteiger partial charge in [-0.2, -0.15) is 0 Å². The van der Waals surface area contributed by atoms with Crippen molar-refractivity contribution in [1.29, 1.82) is 0 Å². The molecule has 1 aromatic carbocycles. The van der Waals surface area contributed by atoms with Gasteiger partial charge in [0.15, 0.2) is 5.82 Å². The number of halogens is 1. The highest BCUT2D eigenvalue weighted by Crippen LogP contribution is 2.24. The minimum atomic E-state index is -0.271. The normalized spacial score (nSPS) is 12.1. The average Bonchev–Trinajstić information content (AvgIpc) is 3.22. The molecule has 1 N–H and O–H groups in total. The molecule has 1 atom stereocenters. The van der Waals surface area contributed by atoms with Gasteiger partial charge in [-0.25, -0.2) is 4.98 Å². The van der Waals surface area contributed by atoms with Crippen LogP contribution in [0.3, 0.4) is 0 Å².